The number of hydrogen-bond acceptors (Lipinski definition) is 2. The van der Waals surface area contributed by atoms with Gasteiger partial charge in [0.2, 0.25) is 6.17 Å². The molecule has 1 unspecified atom stereocenters. The second kappa shape index (κ2) is 2.49. The van der Waals surface area contributed by atoms with E-state index in [-0.39, 0.29) is 0 Å². The van der Waals surface area contributed by atoms with Crippen molar-refractivity contribution in [1.82, 2.24) is 0 Å². The lowest BCUT2D eigenvalue weighted by molar-refractivity contribution is -0.242. The van der Waals surface area contributed by atoms with Gasteiger partial charge in [-0.05, 0) is 0 Å². The van der Waals surface area contributed by atoms with Crippen molar-refractivity contribution in [1.29, 1.82) is 0 Å². The molecule has 0 aliphatic rings. The maximum absolute atomic E-state index is 11.4. The average Bonchev–Trinajstić information content (AvgIpc) is 1.62. The summed E-state index contributed by atoms with van der Waals surface area (Å²) in [5, 5.41) is 15.2. The van der Waals surface area contributed by atoms with E-state index in [4.69, 9.17) is 10.2 Å². The summed E-state index contributed by atoms with van der Waals surface area (Å²) >= 11 is 0. The van der Waals surface area contributed by atoms with E-state index in [0.717, 1.165) is 0 Å². The zero-order valence-corrected chi connectivity index (χ0v) is 4.06. The normalized spacial score (nSPS) is 16.3. The predicted molar refractivity (Wildman–Crippen MR) is 19.2 cm³/mol. The molecule has 6 heteroatoms. The highest BCUT2D eigenvalue weighted by Crippen LogP contribution is 2.24. The summed E-state index contributed by atoms with van der Waals surface area (Å²) in [5.41, 5.74) is 0. The molecule has 56 valence electrons. The lowest BCUT2D eigenvalue weighted by Gasteiger charge is -2.12. The van der Waals surface area contributed by atoms with Gasteiger partial charge in [0.25, 0.3) is 0 Å². The summed E-state index contributed by atoms with van der Waals surface area (Å²) < 4.78 is 44.4. The minimum Gasteiger partial charge on any atom is -0.365 e. The summed E-state index contributed by atoms with van der Waals surface area (Å²) in [6, 6.07) is 0. The van der Waals surface area contributed by atoms with E-state index < -0.39 is 18.6 Å². The van der Waals surface area contributed by atoms with E-state index in [0.29, 0.717) is 0 Å². The molecule has 0 heterocycles. The molecule has 2 N–H and O–H groups in total. The van der Waals surface area contributed by atoms with Gasteiger partial charge in [-0.15, -0.1) is 0 Å². The van der Waals surface area contributed by atoms with E-state index in [1.165, 1.54) is 0 Å². The molecule has 0 rings (SSSR count). The van der Waals surface area contributed by atoms with E-state index >= 15 is 0 Å². The first-order valence-corrected chi connectivity index (χ1v) is 1.92. The summed E-state index contributed by atoms with van der Waals surface area (Å²) in [7, 11) is 0. The molecule has 0 fully saturated rings. The lowest BCUT2D eigenvalue weighted by atomic mass is 10.4. The van der Waals surface area contributed by atoms with Crippen molar-refractivity contribution in [2.24, 2.45) is 0 Å². The Labute approximate surface area is 47.7 Å². The van der Waals surface area contributed by atoms with Crippen LogP contribution in [0.4, 0.5) is 17.6 Å². The second-order valence-electron chi connectivity index (χ2n) is 1.36. The highest BCUT2D eigenvalue weighted by Gasteiger charge is 2.44. The summed E-state index contributed by atoms with van der Waals surface area (Å²) in [6.07, 6.45) is -11.7. The Kier molecular flexibility index (Phi) is 2.39. The standard InChI is InChI=1S/C3H4F4O2/c4-1(2(8)9)3(5,6)7/h1-2,8-9H. The summed E-state index contributed by atoms with van der Waals surface area (Å²) in [5.74, 6) is 0. The van der Waals surface area contributed by atoms with Gasteiger partial charge >= 0.3 is 6.18 Å². The fraction of sp³-hybridized carbons (Fsp3) is 1.00. The molecule has 2 nitrogen and oxygen atoms in total. The first-order valence-electron chi connectivity index (χ1n) is 1.92. The number of aliphatic hydroxyl groups excluding tert-OH is 1. The average molecular weight is 148 g/mol. The van der Waals surface area contributed by atoms with Crippen LogP contribution in [0.5, 0.6) is 0 Å². The van der Waals surface area contributed by atoms with Gasteiger partial charge in [0.15, 0.2) is 6.29 Å². The van der Waals surface area contributed by atoms with Gasteiger partial charge in [-0.1, -0.05) is 0 Å². The van der Waals surface area contributed by atoms with Gasteiger partial charge in [0, 0.05) is 0 Å². The molecule has 0 spiro atoms. The molecule has 0 radical (unpaired) electrons. The van der Waals surface area contributed by atoms with Gasteiger partial charge in [-0.3, -0.25) is 0 Å². The Balaban J connectivity index is 3.88. The van der Waals surface area contributed by atoms with Crippen LogP contribution in [-0.4, -0.2) is 28.9 Å². The van der Waals surface area contributed by atoms with Crippen molar-refractivity contribution in [2.45, 2.75) is 18.6 Å². The van der Waals surface area contributed by atoms with E-state index in [9.17, 15) is 17.6 Å². The van der Waals surface area contributed by atoms with Crippen LogP contribution in [0.2, 0.25) is 0 Å². The fourth-order valence-electron chi connectivity index (χ4n) is 0.169. The monoisotopic (exact) mass is 148 g/mol. The van der Waals surface area contributed by atoms with Gasteiger partial charge in [0.1, 0.15) is 0 Å². The molecular formula is C3H4F4O2. The molecule has 9 heavy (non-hydrogen) atoms. The van der Waals surface area contributed by atoms with Crippen LogP contribution >= 0.6 is 0 Å². The largest absolute Gasteiger partial charge is 0.424 e. The number of alkyl halides is 4. The van der Waals surface area contributed by atoms with Crippen molar-refractivity contribution in [3.63, 3.8) is 0 Å². The lowest BCUT2D eigenvalue weighted by Crippen LogP contribution is -2.35. The maximum Gasteiger partial charge on any atom is 0.424 e. The van der Waals surface area contributed by atoms with Crippen LogP contribution in [0.15, 0.2) is 0 Å². The van der Waals surface area contributed by atoms with E-state index in [2.05, 4.69) is 0 Å². The molecule has 0 saturated heterocycles. The highest BCUT2D eigenvalue weighted by molar-refractivity contribution is 4.66. The smallest absolute Gasteiger partial charge is 0.365 e. The Morgan fingerprint density at radius 3 is 1.44 bits per heavy atom. The zero-order valence-electron chi connectivity index (χ0n) is 4.06. The van der Waals surface area contributed by atoms with Crippen LogP contribution in [-0.2, 0) is 0 Å². The maximum atomic E-state index is 11.4. The van der Waals surface area contributed by atoms with E-state index in [1.54, 1.807) is 0 Å². The number of rotatable bonds is 1. The first kappa shape index (κ1) is 8.64. The predicted octanol–water partition coefficient (Wildman–Crippen LogP) is 0.198. The third-order valence-electron chi connectivity index (χ3n) is 0.574. The molecule has 0 aromatic carbocycles. The Hall–Kier alpha value is -0.360. The summed E-state index contributed by atoms with van der Waals surface area (Å²) in [4.78, 5) is 0. The van der Waals surface area contributed by atoms with Gasteiger partial charge in [-0.2, -0.15) is 13.2 Å². The number of aliphatic hydroxyl groups is 2. The molecule has 0 aliphatic carbocycles. The Bertz CT molecular complexity index is 88.3. The molecule has 0 aliphatic heterocycles. The second-order valence-corrected chi connectivity index (χ2v) is 1.36. The van der Waals surface area contributed by atoms with Crippen molar-refractivity contribution in [3.8, 4) is 0 Å². The van der Waals surface area contributed by atoms with Gasteiger partial charge in [-0.25, -0.2) is 4.39 Å². The van der Waals surface area contributed by atoms with Crippen LogP contribution in [0.1, 0.15) is 0 Å². The van der Waals surface area contributed by atoms with Crippen molar-refractivity contribution in [2.75, 3.05) is 0 Å². The number of hydrogen-bond donors (Lipinski definition) is 2. The minimum atomic E-state index is -5.19. The van der Waals surface area contributed by atoms with Gasteiger partial charge in [0.05, 0.1) is 0 Å². The third-order valence-corrected chi connectivity index (χ3v) is 0.574. The Morgan fingerprint density at radius 1 is 1.11 bits per heavy atom. The van der Waals surface area contributed by atoms with Crippen molar-refractivity contribution in [3.05, 3.63) is 0 Å². The van der Waals surface area contributed by atoms with Crippen LogP contribution in [0, 0.1) is 0 Å². The Morgan fingerprint density at radius 2 is 1.44 bits per heavy atom. The minimum absolute atomic E-state index is 2.98. The molecule has 0 amide bonds. The van der Waals surface area contributed by atoms with Crippen molar-refractivity contribution >= 4 is 0 Å². The summed E-state index contributed by atoms with van der Waals surface area (Å²) in [6.45, 7) is 0. The first-order chi connectivity index (χ1) is 3.85. The molecule has 0 aromatic rings. The SMILES string of the molecule is OC(O)C(F)C(F)(F)F. The molecular weight excluding hydrogens is 144 g/mol. The van der Waals surface area contributed by atoms with Crippen molar-refractivity contribution < 1.29 is 27.8 Å². The fourth-order valence-corrected chi connectivity index (χ4v) is 0.169. The quantitative estimate of drug-likeness (QED) is 0.412. The van der Waals surface area contributed by atoms with Crippen LogP contribution < -0.4 is 0 Å². The molecule has 0 saturated carbocycles. The van der Waals surface area contributed by atoms with Crippen LogP contribution in [0.25, 0.3) is 0 Å². The number of halogens is 4. The van der Waals surface area contributed by atoms with Crippen LogP contribution in [0.3, 0.4) is 0 Å². The molecule has 0 aromatic heterocycles. The molecule has 1 atom stereocenters. The third kappa shape index (κ3) is 2.62. The van der Waals surface area contributed by atoms with E-state index in [1.807, 2.05) is 0 Å². The highest BCUT2D eigenvalue weighted by atomic mass is 19.4. The van der Waals surface area contributed by atoms with Gasteiger partial charge < -0.3 is 10.2 Å². The zero-order chi connectivity index (χ0) is 7.65. The molecule has 0 bridgehead atoms. The topological polar surface area (TPSA) is 40.5 Å².